The maximum atomic E-state index is 13.0. The Labute approximate surface area is 143 Å². The van der Waals surface area contributed by atoms with Gasteiger partial charge in [-0.15, -0.1) is 0 Å². The van der Waals surface area contributed by atoms with Crippen molar-refractivity contribution in [3.63, 3.8) is 0 Å². The second-order valence-electron chi connectivity index (χ2n) is 4.89. The Balaban J connectivity index is 2.38. The standard InChI is InChI=1S/C15H12Cl3O3P/c1-20-22(19,21-2)15-11-5-8(16)3-4-10(11)14-12(15)6-9(17)7-13(14)18/h3-7,15H,1-2H3/t15-/m1/s1. The average molecular weight is 378 g/mol. The van der Waals surface area contributed by atoms with E-state index < -0.39 is 13.3 Å². The van der Waals surface area contributed by atoms with Crippen LogP contribution in [-0.4, -0.2) is 14.2 Å². The molecule has 2 aromatic rings. The van der Waals surface area contributed by atoms with Crippen molar-refractivity contribution in [2.24, 2.45) is 0 Å². The summed E-state index contributed by atoms with van der Waals surface area (Å²) in [6.07, 6.45) is 0. The van der Waals surface area contributed by atoms with Crippen LogP contribution in [0.2, 0.25) is 15.1 Å². The van der Waals surface area contributed by atoms with Crippen molar-refractivity contribution in [1.29, 1.82) is 0 Å². The summed E-state index contributed by atoms with van der Waals surface area (Å²) in [6, 6.07) is 8.78. The summed E-state index contributed by atoms with van der Waals surface area (Å²) in [4.78, 5) is 0. The Morgan fingerprint density at radius 1 is 0.955 bits per heavy atom. The number of rotatable bonds is 3. The molecule has 0 bridgehead atoms. The number of benzene rings is 2. The Bertz CT molecular complexity index is 799. The predicted molar refractivity (Wildman–Crippen MR) is 90.4 cm³/mol. The molecule has 1 aliphatic rings. The third kappa shape index (κ3) is 2.41. The maximum absolute atomic E-state index is 13.0. The lowest BCUT2D eigenvalue weighted by atomic mass is 10.1. The molecule has 22 heavy (non-hydrogen) atoms. The highest BCUT2D eigenvalue weighted by molar-refractivity contribution is 7.54. The molecule has 3 nitrogen and oxygen atoms in total. The molecule has 0 unspecified atom stereocenters. The lowest BCUT2D eigenvalue weighted by molar-refractivity contribution is 0.270. The SMILES string of the molecule is COP(=O)(OC)[C@@H]1c2cc(Cl)ccc2-c2c(Cl)cc(Cl)cc21. The Kier molecular flexibility index (Phi) is 4.32. The van der Waals surface area contributed by atoms with Crippen LogP contribution in [0.4, 0.5) is 0 Å². The van der Waals surface area contributed by atoms with Crippen LogP contribution in [0.1, 0.15) is 16.8 Å². The molecule has 0 spiro atoms. The summed E-state index contributed by atoms with van der Waals surface area (Å²) in [7, 11) is -0.709. The first-order chi connectivity index (χ1) is 10.4. The highest BCUT2D eigenvalue weighted by atomic mass is 35.5. The molecule has 116 valence electrons. The molecule has 0 heterocycles. The number of hydrogen-bond acceptors (Lipinski definition) is 3. The van der Waals surface area contributed by atoms with E-state index in [1.54, 1.807) is 24.3 Å². The van der Waals surface area contributed by atoms with E-state index in [0.29, 0.717) is 15.1 Å². The third-order valence-electron chi connectivity index (χ3n) is 3.78. The molecular formula is C15H12Cl3O3P. The van der Waals surface area contributed by atoms with Crippen LogP contribution < -0.4 is 0 Å². The van der Waals surface area contributed by atoms with E-state index in [1.165, 1.54) is 14.2 Å². The van der Waals surface area contributed by atoms with Gasteiger partial charge < -0.3 is 9.05 Å². The van der Waals surface area contributed by atoms with Crippen molar-refractivity contribution in [2.75, 3.05) is 14.2 Å². The Morgan fingerprint density at radius 2 is 1.59 bits per heavy atom. The van der Waals surface area contributed by atoms with Gasteiger partial charge in [-0.05, 0) is 41.0 Å². The van der Waals surface area contributed by atoms with Gasteiger partial charge in [-0.3, -0.25) is 4.57 Å². The van der Waals surface area contributed by atoms with Gasteiger partial charge in [0, 0.05) is 29.8 Å². The molecule has 7 heteroatoms. The van der Waals surface area contributed by atoms with E-state index in [-0.39, 0.29) is 0 Å². The third-order valence-corrected chi connectivity index (χ3v) is 6.74. The van der Waals surface area contributed by atoms with E-state index in [4.69, 9.17) is 43.9 Å². The summed E-state index contributed by atoms with van der Waals surface area (Å²) in [6.45, 7) is 0. The van der Waals surface area contributed by atoms with Crippen LogP contribution >= 0.6 is 42.4 Å². The highest BCUT2D eigenvalue weighted by Gasteiger charge is 2.44. The van der Waals surface area contributed by atoms with Crippen LogP contribution in [-0.2, 0) is 13.6 Å². The zero-order valence-corrected chi connectivity index (χ0v) is 14.9. The quantitative estimate of drug-likeness (QED) is 0.597. The van der Waals surface area contributed by atoms with Crippen LogP contribution in [0, 0.1) is 0 Å². The molecule has 1 aliphatic carbocycles. The van der Waals surface area contributed by atoms with Crippen molar-refractivity contribution in [2.45, 2.75) is 5.66 Å². The van der Waals surface area contributed by atoms with Crippen LogP contribution in [0.25, 0.3) is 11.1 Å². The van der Waals surface area contributed by atoms with Crippen molar-refractivity contribution >= 4 is 42.4 Å². The topological polar surface area (TPSA) is 35.5 Å². The normalized spacial score (nSPS) is 16.5. The minimum absolute atomic E-state index is 0.464. The van der Waals surface area contributed by atoms with Gasteiger partial charge in [0.1, 0.15) is 5.66 Å². The molecule has 0 fully saturated rings. The van der Waals surface area contributed by atoms with Crippen LogP contribution in [0.3, 0.4) is 0 Å². The molecule has 0 saturated heterocycles. The Morgan fingerprint density at radius 3 is 2.23 bits per heavy atom. The monoisotopic (exact) mass is 376 g/mol. The van der Waals surface area contributed by atoms with Crippen molar-refractivity contribution in [3.05, 3.63) is 56.5 Å². The molecule has 0 saturated carbocycles. The fourth-order valence-electron chi connectivity index (χ4n) is 2.87. The van der Waals surface area contributed by atoms with Gasteiger partial charge in [0.05, 0.1) is 5.02 Å². The van der Waals surface area contributed by atoms with E-state index in [9.17, 15) is 4.57 Å². The largest absolute Gasteiger partial charge is 0.341 e. The molecule has 0 N–H and O–H groups in total. The molecule has 3 rings (SSSR count). The Hall–Kier alpha value is -0.540. The predicted octanol–water partition coefficient (Wildman–Crippen LogP) is 6.20. The van der Waals surface area contributed by atoms with Crippen molar-refractivity contribution in [1.82, 2.24) is 0 Å². The van der Waals surface area contributed by atoms with Gasteiger partial charge in [0.25, 0.3) is 0 Å². The summed E-state index contributed by atoms with van der Waals surface area (Å²) in [5, 5.41) is 1.50. The van der Waals surface area contributed by atoms with Gasteiger partial charge in [-0.2, -0.15) is 0 Å². The van der Waals surface area contributed by atoms with Gasteiger partial charge in [0.15, 0.2) is 0 Å². The van der Waals surface area contributed by atoms with Crippen molar-refractivity contribution in [3.8, 4) is 11.1 Å². The summed E-state index contributed by atoms with van der Waals surface area (Å²) < 4.78 is 23.5. The van der Waals surface area contributed by atoms with Gasteiger partial charge in [-0.25, -0.2) is 0 Å². The first kappa shape index (κ1) is 16.3. The summed E-state index contributed by atoms with van der Waals surface area (Å²) in [5.74, 6) is 0. The summed E-state index contributed by atoms with van der Waals surface area (Å²) >= 11 is 18.6. The fraction of sp³-hybridized carbons (Fsp3) is 0.200. The van der Waals surface area contributed by atoms with E-state index in [2.05, 4.69) is 0 Å². The first-order valence-electron chi connectivity index (χ1n) is 6.41. The highest BCUT2D eigenvalue weighted by Crippen LogP contribution is 2.68. The van der Waals surface area contributed by atoms with E-state index in [0.717, 1.165) is 22.3 Å². The van der Waals surface area contributed by atoms with E-state index in [1.807, 2.05) is 6.07 Å². The van der Waals surface area contributed by atoms with Crippen LogP contribution in [0.5, 0.6) is 0 Å². The zero-order valence-electron chi connectivity index (χ0n) is 11.8. The summed E-state index contributed by atoms with van der Waals surface area (Å²) in [5.41, 5.74) is 2.53. The van der Waals surface area contributed by atoms with Gasteiger partial charge in [0.2, 0.25) is 0 Å². The van der Waals surface area contributed by atoms with E-state index >= 15 is 0 Å². The average Bonchev–Trinajstić information content (AvgIpc) is 2.80. The molecule has 0 aliphatic heterocycles. The molecule has 0 aromatic heterocycles. The lowest BCUT2D eigenvalue weighted by Crippen LogP contribution is -2.02. The number of halogens is 3. The van der Waals surface area contributed by atoms with Gasteiger partial charge in [-0.1, -0.05) is 40.9 Å². The minimum Gasteiger partial charge on any atom is -0.311 e. The molecular weight excluding hydrogens is 365 g/mol. The number of fused-ring (bicyclic) bond motifs is 3. The van der Waals surface area contributed by atoms with Crippen molar-refractivity contribution < 1.29 is 13.6 Å². The smallest absolute Gasteiger partial charge is 0.311 e. The second kappa shape index (κ2) is 5.83. The minimum atomic E-state index is -3.43. The lowest BCUT2D eigenvalue weighted by Gasteiger charge is -2.22. The molecule has 0 radical (unpaired) electrons. The molecule has 1 atom stereocenters. The number of hydrogen-bond donors (Lipinski definition) is 0. The van der Waals surface area contributed by atoms with Crippen LogP contribution in [0.15, 0.2) is 30.3 Å². The fourth-order valence-corrected chi connectivity index (χ4v) is 5.34. The first-order valence-corrected chi connectivity index (χ1v) is 9.16. The zero-order chi connectivity index (χ0) is 16.1. The second-order valence-corrected chi connectivity index (χ2v) is 8.50. The molecule has 0 amide bonds. The molecule has 2 aromatic carbocycles. The maximum Gasteiger partial charge on any atom is 0.341 e. The van der Waals surface area contributed by atoms with Gasteiger partial charge >= 0.3 is 7.60 Å².